The van der Waals surface area contributed by atoms with Crippen molar-refractivity contribution in [2.45, 2.75) is 25.4 Å². The number of hydrogen-bond donors (Lipinski definition) is 1. The molecule has 1 unspecified atom stereocenters. The molecule has 1 atom stereocenters. The first-order chi connectivity index (χ1) is 8.66. The van der Waals surface area contributed by atoms with E-state index in [0.717, 1.165) is 17.7 Å². The third-order valence-electron chi connectivity index (χ3n) is 3.41. The number of nitrogens with zero attached hydrogens (tertiary/aromatic N) is 1. The molecular weight excluding hydrogens is 246 g/mol. The van der Waals surface area contributed by atoms with Gasteiger partial charge in [0.1, 0.15) is 0 Å². The molecule has 2 rings (SSSR count). The Hall–Kier alpha value is -1.00. The molecular formula is C14H19NO2S. The molecule has 1 heterocycles. The summed E-state index contributed by atoms with van der Waals surface area (Å²) in [6, 6.07) is 8.48. The minimum Gasteiger partial charge on any atom is -0.481 e. The van der Waals surface area contributed by atoms with Gasteiger partial charge in [0.05, 0.1) is 6.42 Å². The van der Waals surface area contributed by atoms with Crippen molar-refractivity contribution in [2.24, 2.45) is 0 Å². The number of rotatable bonds is 5. The summed E-state index contributed by atoms with van der Waals surface area (Å²) in [7, 11) is 2.13. The monoisotopic (exact) mass is 265 g/mol. The number of benzene rings is 1. The fraction of sp³-hybridized carbons (Fsp3) is 0.500. The molecule has 1 N–H and O–H groups in total. The molecule has 0 spiro atoms. The molecule has 3 nitrogen and oxygen atoms in total. The van der Waals surface area contributed by atoms with E-state index in [0.29, 0.717) is 6.04 Å². The predicted molar refractivity (Wildman–Crippen MR) is 75.0 cm³/mol. The fourth-order valence-electron chi connectivity index (χ4n) is 2.31. The maximum absolute atomic E-state index is 10.8. The minimum absolute atomic E-state index is 0.115. The molecule has 0 radical (unpaired) electrons. The SMILES string of the molecule is CN(Cc1ccccc1CC(=O)O)C1CCSC1. The predicted octanol–water partition coefficient (Wildman–Crippen LogP) is 2.25. The Morgan fingerprint density at radius 2 is 2.17 bits per heavy atom. The summed E-state index contributed by atoms with van der Waals surface area (Å²) in [6.07, 6.45) is 1.35. The second kappa shape index (κ2) is 6.25. The molecule has 0 aliphatic carbocycles. The van der Waals surface area contributed by atoms with Crippen LogP contribution in [0.15, 0.2) is 24.3 Å². The number of carboxylic acid groups (broad SMARTS) is 1. The summed E-state index contributed by atoms with van der Waals surface area (Å²) in [6.45, 7) is 0.842. The van der Waals surface area contributed by atoms with E-state index in [9.17, 15) is 4.79 Å². The number of aliphatic carboxylic acids is 1. The highest BCUT2D eigenvalue weighted by Gasteiger charge is 2.20. The van der Waals surface area contributed by atoms with Crippen molar-refractivity contribution >= 4 is 17.7 Å². The summed E-state index contributed by atoms with van der Waals surface area (Å²) < 4.78 is 0. The molecule has 98 valence electrons. The summed E-state index contributed by atoms with van der Waals surface area (Å²) in [5.74, 6) is 1.67. The standard InChI is InChI=1S/C14H19NO2S/c1-15(13-6-7-18-10-13)9-12-5-3-2-4-11(12)8-14(16)17/h2-5,13H,6-10H2,1H3,(H,16,17). The molecule has 0 aromatic heterocycles. The topological polar surface area (TPSA) is 40.5 Å². The highest BCUT2D eigenvalue weighted by atomic mass is 32.2. The van der Waals surface area contributed by atoms with E-state index < -0.39 is 5.97 Å². The number of thioether (sulfide) groups is 1. The first-order valence-electron chi connectivity index (χ1n) is 6.23. The zero-order valence-corrected chi connectivity index (χ0v) is 11.4. The van der Waals surface area contributed by atoms with Crippen molar-refractivity contribution in [1.29, 1.82) is 0 Å². The molecule has 1 saturated heterocycles. The van der Waals surface area contributed by atoms with Gasteiger partial charge in [0.25, 0.3) is 0 Å². The van der Waals surface area contributed by atoms with Gasteiger partial charge in [-0.25, -0.2) is 0 Å². The lowest BCUT2D eigenvalue weighted by atomic mass is 10.0. The average molecular weight is 265 g/mol. The van der Waals surface area contributed by atoms with Gasteiger partial charge in [-0.05, 0) is 30.3 Å². The van der Waals surface area contributed by atoms with E-state index in [4.69, 9.17) is 5.11 Å². The van der Waals surface area contributed by atoms with E-state index in [-0.39, 0.29) is 6.42 Å². The Labute approximate surface area is 112 Å². The second-order valence-electron chi connectivity index (χ2n) is 4.77. The van der Waals surface area contributed by atoms with E-state index >= 15 is 0 Å². The van der Waals surface area contributed by atoms with Crippen molar-refractivity contribution in [3.63, 3.8) is 0 Å². The largest absolute Gasteiger partial charge is 0.481 e. The normalized spacial score (nSPS) is 19.3. The highest BCUT2D eigenvalue weighted by molar-refractivity contribution is 7.99. The zero-order chi connectivity index (χ0) is 13.0. The molecule has 1 fully saturated rings. The smallest absolute Gasteiger partial charge is 0.307 e. The van der Waals surface area contributed by atoms with Crippen molar-refractivity contribution in [3.8, 4) is 0 Å². The Morgan fingerprint density at radius 3 is 2.78 bits per heavy atom. The molecule has 18 heavy (non-hydrogen) atoms. The van der Waals surface area contributed by atoms with Crippen LogP contribution in [0, 0.1) is 0 Å². The fourth-order valence-corrected chi connectivity index (χ4v) is 3.61. The molecule has 4 heteroatoms. The minimum atomic E-state index is -0.762. The van der Waals surface area contributed by atoms with Crippen molar-refractivity contribution in [3.05, 3.63) is 35.4 Å². The van der Waals surface area contributed by atoms with Gasteiger partial charge in [-0.2, -0.15) is 11.8 Å². The number of carbonyl (C=O) groups is 1. The Morgan fingerprint density at radius 1 is 1.44 bits per heavy atom. The lowest BCUT2D eigenvalue weighted by Gasteiger charge is -2.24. The molecule has 1 aliphatic rings. The van der Waals surface area contributed by atoms with Crippen LogP contribution in [0.5, 0.6) is 0 Å². The van der Waals surface area contributed by atoms with Gasteiger partial charge in [-0.3, -0.25) is 9.69 Å². The second-order valence-corrected chi connectivity index (χ2v) is 5.92. The first kappa shape index (κ1) is 13.4. The lowest BCUT2D eigenvalue weighted by Crippen LogP contribution is -2.31. The van der Waals surface area contributed by atoms with Crippen molar-refractivity contribution in [2.75, 3.05) is 18.6 Å². The van der Waals surface area contributed by atoms with Crippen LogP contribution in [-0.2, 0) is 17.8 Å². The number of hydrogen-bond acceptors (Lipinski definition) is 3. The van der Waals surface area contributed by atoms with Crippen molar-refractivity contribution in [1.82, 2.24) is 4.90 Å². The van der Waals surface area contributed by atoms with E-state index in [2.05, 4.69) is 11.9 Å². The first-order valence-corrected chi connectivity index (χ1v) is 7.39. The van der Waals surface area contributed by atoms with Crippen LogP contribution in [0.4, 0.5) is 0 Å². The van der Waals surface area contributed by atoms with E-state index in [1.165, 1.54) is 17.9 Å². The van der Waals surface area contributed by atoms with Gasteiger partial charge in [0, 0.05) is 18.3 Å². The molecule has 1 aromatic rings. The maximum atomic E-state index is 10.8. The zero-order valence-electron chi connectivity index (χ0n) is 10.6. The van der Waals surface area contributed by atoms with Gasteiger partial charge in [-0.15, -0.1) is 0 Å². The summed E-state index contributed by atoms with van der Waals surface area (Å²) in [4.78, 5) is 13.2. The van der Waals surface area contributed by atoms with Gasteiger partial charge < -0.3 is 5.11 Å². The third kappa shape index (κ3) is 3.50. The summed E-state index contributed by atoms with van der Waals surface area (Å²) >= 11 is 2.00. The van der Waals surface area contributed by atoms with Gasteiger partial charge in [0.2, 0.25) is 0 Å². The van der Waals surface area contributed by atoms with Crippen LogP contribution in [0.25, 0.3) is 0 Å². The molecule has 0 saturated carbocycles. The average Bonchev–Trinajstić information content (AvgIpc) is 2.84. The Balaban J connectivity index is 2.05. The summed E-state index contributed by atoms with van der Waals surface area (Å²) in [5.41, 5.74) is 2.07. The van der Waals surface area contributed by atoms with Crippen LogP contribution >= 0.6 is 11.8 Å². The molecule has 0 bridgehead atoms. The maximum Gasteiger partial charge on any atom is 0.307 e. The highest BCUT2D eigenvalue weighted by Crippen LogP contribution is 2.23. The van der Waals surface area contributed by atoms with Crippen molar-refractivity contribution < 1.29 is 9.90 Å². The van der Waals surface area contributed by atoms with E-state index in [1.807, 2.05) is 36.0 Å². The Kier molecular flexibility index (Phi) is 4.66. The van der Waals surface area contributed by atoms with Crippen LogP contribution in [0.3, 0.4) is 0 Å². The molecule has 1 aliphatic heterocycles. The molecule has 0 amide bonds. The van der Waals surface area contributed by atoms with Gasteiger partial charge >= 0.3 is 5.97 Å². The van der Waals surface area contributed by atoms with Crippen LogP contribution in [0.2, 0.25) is 0 Å². The van der Waals surface area contributed by atoms with E-state index in [1.54, 1.807) is 0 Å². The quantitative estimate of drug-likeness (QED) is 0.886. The van der Waals surface area contributed by atoms with Crippen LogP contribution in [-0.4, -0.2) is 40.6 Å². The van der Waals surface area contributed by atoms with Gasteiger partial charge in [-0.1, -0.05) is 24.3 Å². The molecule has 1 aromatic carbocycles. The summed E-state index contributed by atoms with van der Waals surface area (Å²) in [5, 5.41) is 8.92. The number of carboxylic acids is 1. The van der Waals surface area contributed by atoms with Crippen LogP contribution < -0.4 is 0 Å². The lowest BCUT2D eigenvalue weighted by molar-refractivity contribution is -0.136. The van der Waals surface area contributed by atoms with Crippen LogP contribution in [0.1, 0.15) is 17.5 Å². The third-order valence-corrected chi connectivity index (χ3v) is 4.55. The van der Waals surface area contributed by atoms with Gasteiger partial charge in [0.15, 0.2) is 0 Å². The Bertz CT molecular complexity index is 416.